The summed E-state index contributed by atoms with van der Waals surface area (Å²) in [6.07, 6.45) is 2.01. The van der Waals surface area contributed by atoms with Crippen LogP contribution in [0, 0.1) is 10.1 Å². The summed E-state index contributed by atoms with van der Waals surface area (Å²) >= 11 is 5.20. The molecule has 0 saturated carbocycles. The van der Waals surface area contributed by atoms with E-state index < -0.39 is 10.8 Å². The Balaban J connectivity index is 2.23. The number of rotatable bonds is 5. The number of nitro groups is 1. The van der Waals surface area contributed by atoms with Crippen molar-refractivity contribution in [1.82, 2.24) is 10.3 Å². The van der Waals surface area contributed by atoms with Gasteiger partial charge in [-0.2, -0.15) is 5.10 Å². The lowest BCUT2D eigenvalue weighted by molar-refractivity contribution is -0.384. The summed E-state index contributed by atoms with van der Waals surface area (Å²) in [6, 6.07) is 4.15. The van der Waals surface area contributed by atoms with Crippen molar-refractivity contribution < 1.29 is 9.72 Å². The molecule has 0 saturated heterocycles. The Hall–Kier alpha value is -2.55. The number of fused-ring (bicyclic) bond motifs is 1. The van der Waals surface area contributed by atoms with Crippen molar-refractivity contribution in [2.24, 2.45) is 5.10 Å². The van der Waals surface area contributed by atoms with Crippen LogP contribution in [-0.2, 0) is 4.79 Å². The van der Waals surface area contributed by atoms with Crippen molar-refractivity contribution in [1.29, 1.82) is 0 Å². The molecule has 1 heterocycles. The van der Waals surface area contributed by atoms with Crippen LogP contribution in [0.4, 0.5) is 11.4 Å². The highest BCUT2D eigenvalue weighted by Gasteiger charge is 2.29. The molecule has 23 heavy (non-hydrogen) atoms. The highest BCUT2D eigenvalue weighted by atomic mass is 32.1. The topological polar surface area (TPSA) is 99.9 Å². The minimum atomic E-state index is -0.513. The van der Waals surface area contributed by atoms with Gasteiger partial charge in [0.15, 0.2) is 10.8 Å². The number of thiocarbonyl (C=S) groups is 1. The van der Waals surface area contributed by atoms with E-state index in [2.05, 4.69) is 22.7 Å². The van der Waals surface area contributed by atoms with Crippen LogP contribution in [-0.4, -0.2) is 40.3 Å². The summed E-state index contributed by atoms with van der Waals surface area (Å²) in [5, 5.41) is 22.5. The number of hydrazone groups is 1. The average Bonchev–Trinajstić information content (AvgIpc) is 2.82. The lowest BCUT2D eigenvalue weighted by atomic mass is 10.1. The number of anilines is 1. The second-order valence-corrected chi connectivity index (χ2v) is 5.39. The first-order valence-corrected chi connectivity index (χ1v) is 7.55. The molecule has 0 spiro atoms. The number of unbranched alkanes of at least 4 members (excludes halogenated alkanes) is 1. The zero-order chi connectivity index (χ0) is 17.0. The van der Waals surface area contributed by atoms with E-state index in [4.69, 9.17) is 12.2 Å². The number of hydrogen-bond acceptors (Lipinski definition) is 5. The van der Waals surface area contributed by atoms with Crippen LogP contribution in [0.3, 0.4) is 0 Å². The van der Waals surface area contributed by atoms with Crippen molar-refractivity contribution in [3.05, 3.63) is 33.9 Å². The van der Waals surface area contributed by atoms with Crippen molar-refractivity contribution in [3.8, 4) is 0 Å². The van der Waals surface area contributed by atoms with Gasteiger partial charge in [-0.3, -0.25) is 14.9 Å². The second kappa shape index (κ2) is 7.14. The molecule has 0 atom stereocenters. The van der Waals surface area contributed by atoms with Crippen LogP contribution in [0.15, 0.2) is 23.3 Å². The first-order chi connectivity index (χ1) is 10.9. The van der Waals surface area contributed by atoms with Gasteiger partial charge in [0.2, 0.25) is 0 Å². The monoisotopic (exact) mass is 335 g/mol. The molecule has 0 fully saturated rings. The van der Waals surface area contributed by atoms with Gasteiger partial charge >= 0.3 is 0 Å². The Morgan fingerprint density at radius 3 is 2.91 bits per heavy atom. The molecular weight excluding hydrogens is 318 g/mol. The van der Waals surface area contributed by atoms with Crippen LogP contribution >= 0.6 is 12.2 Å². The Morgan fingerprint density at radius 1 is 1.52 bits per heavy atom. The van der Waals surface area contributed by atoms with Gasteiger partial charge in [0.05, 0.1) is 10.6 Å². The molecule has 1 aliphatic heterocycles. The smallest absolute Gasteiger partial charge is 0.276 e. The fourth-order valence-electron chi connectivity index (χ4n) is 2.04. The maximum absolute atomic E-state index is 12.0. The summed E-state index contributed by atoms with van der Waals surface area (Å²) in [5.41, 5.74) is 0.898. The normalized spacial score (nSPS) is 14.3. The molecule has 0 aromatic heterocycles. The summed E-state index contributed by atoms with van der Waals surface area (Å²) < 4.78 is 0. The number of amides is 1. The Kier molecular flexibility index (Phi) is 5.22. The van der Waals surface area contributed by atoms with Gasteiger partial charge in [-0.25, -0.2) is 5.01 Å². The van der Waals surface area contributed by atoms with E-state index in [1.165, 1.54) is 23.2 Å². The summed E-state index contributed by atoms with van der Waals surface area (Å²) in [5.74, 6) is -0.413. The van der Waals surface area contributed by atoms with E-state index in [1.807, 2.05) is 0 Å². The maximum Gasteiger partial charge on any atom is 0.276 e. The van der Waals surface area contributed by atoms with Gasteiger partial charge in [0.25, 0.3) is 11.6 Å². The highest BCUT2D eigenvalue weighted by molar-refractivity contribution is 7.80. The quantitative estimate of drug-likeness (QED) is 0.369. The first-order valence-electron chi connectivity index (χ1n) is 7.14. The zero-order valence-electron chi connectivity index (χ0n) is 12.8. The minimum absolute atomic E-state index is 0.0979. The standard InChI is InChI=1S/C14H17N5O3S/c1-3-4-7-15-14(23)18(2)17-12-10-8-9(19(21)22)5-6-11(10)16-13(12)20/h5-6,8H,3-4,7H2,1-2H3,(H,15,23)(H,16,17,20). The van der Waals surface area contributed by atoms with E-state index in [9.17, 15) is 14.9 Å². The lowest BCUT2D eigenvalue weighted by Crippen LogP contribution is -2.35. The fraction of sp³-hybridized carbons (Fsp3) is 0.357. The highest BCUT2D eigenvalue weighted by Crippen LogP contribution is 2.27. The SMILES string of the molecule is CCCCNC(=S)N(C)/N=C1/C(=O)Nc2ccc([N+](=O)[O-])cc21. The van der Waals surface area contributed by atoms with Crippen LogP contribution < -0.4 is 10.6 Å². The number of non-ortho nitro benzene ring substituents is 1. The molecule has 2 rings (SSSR count). The molecule has 9 heteroatoms. The third-order valence-electron chi connectivity index (χ3n) is 3.28. The number of carbonyl (C=O) groups is 1. The van der Waals surface area contributed by atoms with Crippen LogP contribution in [0.5, 0.6) is 0 Å². The molecule has 8 nitrogen and oxygen atoms in total. The van der Waals surface area contributed by atoms with E-state index in [0.717, 1.165) is 19.4 Å². The second-order valence-electron chi connectivity index (χ2n) is 5.00. The molecule has 1 aromatic rings. The molecular formula is C14H17N5O3S. The van der Waals surface area contributed by atoms with Crippen molar-refractivity contribution in [2.45, 2.75) is 19.8 Å². The molecule has 0 aliphatic carbocycles. The van der Waals surface area contributed by atoms with Crippen LogP contribution in [0.25, 0.3) is 0 Å². The first kappa shape index (κ1) is 16.8. The molecule has 2 N–H and O–H groups in total. The molecule has 122 valence electrons. The number of hydrogen-bond donors (Lipinski definition) is 2. The minimum Gasteiger partial charge on any atom is -0.361 e. The van der Waals surface area contributed by atoms with Gasteiger partial charge < -0.3 is 10.6 Å². The number of nitrogens with one attached hydrogen (secondary N) is 2. The third kappa shape index (κ3) is 3.81. The van der Waals surface area contributed by atoms with E-state index >= 15 is 0 Å². The third-order valence-corrected chi connectivity index (χ3v) is 3.69. The summed E-state index contributed by atoms with van der Waals surface area (Å²) in [6.45, 7) is 2.79. The Bertz CT molecular complexity index is 689. The van der Waals surface area contributed by atoms with E-state index in [1.54, 1.807) is 7.05 Å². The van der Waals surface area contributed by atoms with Gasteiger partial charge in [0.1, 0.15) is 0 Å². The molecule has 1 aliphatic rings. The average molecular weight is 335 g/mol. The molecule has 1 aromatic carbocycles. The predicted molar refractivity (Wildman–Crippen MR) is 91.5 cm³/mol. The van der Waals surface area contributed by atoms with Gasteiger partial charge in [-0.1, -0.05) is 13.3 Å². The predicted octanol–water partition coefficient (Wildman–Crippen LogP) is 1.86. The number of nitrogens with zero attached hydrogens (tertiary/aromatic N) is 3. The Labute approximate surface area is 138 Å². The van der Waals surface area contributed by atoms with Crippen molar-refractivity contribution in [2.75, 3.05) is 18.9 Å². The number of benzene rings is 1. The lowest BCUT2D eigenvalue weighted by Gasteiger charge is -2.16. The molecule has 0 radical (unpaired) electrons. The maximum atomic E-state index is 12.0. The fourth-order valence-corrected chi connectivity index (χ4v) is 2.18. The van der Waals surface area contributed by atoms with E-state index in [0.29, 0.717) is 16.4 Å². The number of nitro benzene ring substituents is 1. The Morgan fingerprint density at radius 2 is 2.26 bits per heavy atom. The zero-order valence-corrected chi connectivity index (χ0v) is 13.6. The summed E-state index contributed by atoms with van der Waals surface area (Å²) in [7, 11) is 1.62. The summed E-state index contributed by atoms with van der Waals surface area (Å²) in [4.78, 5) is 22.4. The molecule has 0 bridgehead atoms. The van der Waals surface area contributed by atoms with Crippen LogP contribution in [0.2, 0.25) is 0 Å². The van der Waals surface area contributed by atoms with Gasteiger partial charge in [-0.15, -0.1) is 0 Å². The molecule has 0 unspecified atom stereocenters. The molecule has 1 amide bonds. The van der Waals surface area contributed by atoms with Gasteiger partial charge in [0, 0.05) is 31.3 Å². The largest absolute Gasteiger partial charge is 0.361 e. The van der Waals surface area contributed by atoms with Gasteiger partial charge in [-0.05, 0) is 24.7 Å². The number of carbonyl (C=O) groups excluding carboxylic acids is 1. The van der Waals surface area contributed by atoms with Crippen molar-refractivity contribution >= 4 is 40.3 Å². The van der Waals surface area contributed by atoms with E-state index in [-0.39, 0.29) is 11.4 Å². The van der Waals surface area contributed by atoms with Crippen molar-refractivity contribution in [3.63, 3.8) is 0 Å². The van der Waals surface area contributed by atoms with Crippen LogP contribution in [0.1, 0.15) is 25.3 Å².